The van der Waals surface area contributed by atoms with Crippen LogP contribution < -0.4 is 9.47 Å². The van der Waals surface area contributed by atoms with Crippen LogP contribution in [0.1, 0.15) is 13.8 Å². The summed E-state index contributed by atoms with van der Waals surface area (Å²) in [7, 11) is -1.48. The summed E-state index contributed by atoms with van der Waals surface area (Å²) in [5, 5.41) is 10.7. The molecule has 7 heteroatoms. The monoisotopic (exact) mass is 386 g/mol. The van der Waals surface area contributed by atoms with Crippen molar-refractivity contribution in [2.45, 2.75) is 24.3 Å². The summed E-state index contributed by atoms with van der Waals surface area (Å²) in [5.41, 5.74) is -0.423. The molecule has 142 valence electrons. The number of aliphatic hydroxyl groups is 1. The normalized spacial score (nSPS) is 13.9. The van der Waals surface area contributed by atoms with E-state index in [0.717, 1.165) is 10.9 Å². The molecule has 0 aliphatic carbocycles. The molecule has 0 spiro atoms. The van der Waals surface area contributed by atoms with Crippen LogP contribution >= 0.6 is 0 Å². The Labute approximate surface area is 158 Å². The van der Waals surface area contributed by atoms with Crippen molar-refractivity contribution in [3.05, 3.63) is 54.7 Å². The first-order valence-corrected chi connectivity index (χ1v) is 10.1. The number of hydrogen-bond acceptors (Lipinski definition) is 6. The molecule has 1 aromatic heterocycles. The van der Waals surface area contributed by atoms with Gasteiger partial charge in [0.1, 0.15) is 17.2 Å². The van der Waals surface area contributed by atoms with E-state index in [-0.39, 0.29) is 5.75 Å². The molecule has 0 aliphatic heterocycles. The van der Waals surface area contributed by atoms with Crippen LogP contribution in [0.2, 0.25) is 0 Å². The molecule has 0 saturated carbocycles. The number of pyridine rings is 1. The van der Waals surface area contributed by atoms with Crippen molar-refractivity contribution in [3.63, 3.8) is 0 Å². The predicted octanol–water partition coefficient (Wildman–Crippen LogP) is 4.21. The van der Waals surface area contributed by atoms with Crippen molar-refractivity contribution in [3.8, 4) is 17.2 Å². The van der Waals surface area contributed by atoms with Crippen LogP contribution in [0.5, 0.6) is 17.2 Å². The lowest BCUT2D eigenvalue weighted by atomic mass is 10.2. The summed E-state index contributed by atoms with van der Waals surface area (Å²) in [5.74, 6) is 1.78. The van der Waals surface area contributed by atoms with E-state index in [1.165, 1.54) is 0 Å². The summed E-state index contributed by atoms with van der Waals surface area (Å²) in [6.07, 6.45) is 1.66. The van der Waals surface area contributed by atoms with Crippen molar-refractivity contribution in [2.24, 2.45) is 0 Å². The van der Waals surface area contributed by atoms with Gasteiger partial charge in [-0.25, -0.2) is 8.99 Å². The minimum absolute atomic E-state index is 0.128. The molecule has 0 amide bonds. The Balaban J connectivity index is 1.86. The highest BCUT2D eigenvalue weighted by molar-refractivity contribution is 7.92. The van der Waals surface area contributed by atoms with E-state index in [1.807, 2.05) is 18.2 Å². The topological polar surface area (TPSA) is 92.5 Å². The molecular weight excluding hydrogens is 364 g/mol. The van der Waals surface area contributed by atoms with Crippen LogP contribution in [0.15, 0.2) is 59.6 Å². The van der Waals surface area contributed by atoms with Gasteiger partial charge in [-0.05, 0) is 56.3 Å². The molecule has 0 bridgehead atoms. The van der Waals surface area contributed by atoms with Gasteiger partial charge in [0.05, 0.1) is 33.7 Å². The Hall–Kier alpha value is -2.64. The van der Waals surface area contributed by atoms with Gasteiger partial charge in [0.15, 0.2) is 0 Å². The first-order valence-electron chi connectivity index (χ1n) is 8.37. The summed E-state index contributed by atoms with van der Waals surface area (Å²) in [6.45, 7) is 3.09. The molecule has 27 heavy (non-hydrogen) atoms. The number of fused-ring (bicyclic) bond motifs is 1. The highest BCUT2D eigenvalue weighted by atomic mass is 32.2. The molecule has 0 aliphatic rings. The molecule has 0 saturated heterocycles. The van der Waals surface area contributed by atoms with Gasteiger partial charge in [0.2, 0.25) is 0 Å². The zero-order chi connectivity index (χ0) is 19.7. The fourth-order valence-corrected chi connectivity index (χ4v) is 4.49. The molecule has 2 aromatic carbocycles. The third-order valence-corrected chi connectivity index (χ3v) is 6.05. The Morgan fingerprint density at radius 2 is 1.78 bits per heavy atom. The van der Waals surface area contributed by atoms with E-state index in [1.54, 1.807) is 57.5 Å². The quantitative estimate of drug-likeness (QED) is 0.662. The van der Waals surface area contributed by atoms with Gasteiger partial charge >= 0.3 is 0 Å². The van der Waals surface area contributed by atoms with Crippen LogP contribution in [0, 0.1) is 4.78 Å². The van der Waals surface area contributed by atoms with E-state index in [0.29, 0.717) is 22.1 Å². The van der Waals surface area contributed by atoms with Crippen molar-refractivity contribution >= 4 is 20.6 Å². The Kier molecular flexibility index (Phi) is 5.08. The highest BCUT2D eigenvalue weighted by Gasteiger charge is 2.22. The third-order valence-electron chi connectivity index (χ3n) is 3.90. The maximum atomic E-state index is 12.6. The van der Waals surface area contributed by atoms with Gasteiger partial charge in [-0.2, -0.15) is 0 Å². The fraction of sp³-hybridized carbons (Fsp3) is 0.250. The second-order valence-electron chi connectivity index (χ2n) is 6.90. The average Bonchev–Trinajstić information content (AvgIpc) is 2.60. The van der Waals surface area contributed by atoms with Crippen molar-refractivity contribution in [2.75, 3.05) is 12.9 Å². The number of nitrogens with zero attached hydrogens (tertiary/aromatic N) is 1. The Bertz CT molecular complexity index is 1060. The fourth-order valence-electron chi connectivity index (χ4n) is 2.75. The van der Waals surface area contributed by atoms with E-state index >= 15 is 0 Å². The molecule has 2 N–H and O–H groups in total. The van der Waals surface area contributed by atoms with Gasteiger partial charge in [-0.15, -0.1) is 0 Å². The number of benzene rings is 2. The van der Waals surface area contributed by atoms with Crippen LogP contribution in [0.4, 0.5) is 0 Å². The standard InChI is InChI=1S/C20H22N2O4S/c1-20(2,23)13-27(21,24)16-7-4-14(5-8-16)26-19-10-11-22-18-12-15(25-3)6-9-17(18)19/h4-12,21,23H,13H2,1-3H3. The molecule has 0 fully saturated rings. The second kappa shape index (κ2) is 7.17. The van der Waals surface area contributed by atoms with E-state index in [9.17, 15) is 9.32 Å². The van der Waals surface area contributed by atoms with E-state index < -0.39 is 15.3 Å². The maximum Gasteiger partial charge on any atom is 0.138 e. The summed E-state index contributed by atoms with van der Waals surface area (Å²) >= 11 is 0. The van der Waals surface area contributed by atoms with E-state index in [2.05, 4.69) is 4.98 Å². The first-order chi connectivity index (χ1) is 12.7. The molecule has 1 heterocycles. The minimum atomic E-state index is -3.08. The van der Waals surface area contributed by atoms with Gasteiger partial charge in [0.25, 0.3) is 0 Å². The van der Waals surface area contributed by atoms with Crippen molar-refractivity contribution < 1.29 is 18.8 Å². The Morgan fingerprint density at radius 3 is 2.41 bits per heavy atom. The van der Waals surface area contributed by atoms with Crippen molar-refractivity contribution in [1.82, 2.24) is 4.98 Å². The zero-order valence-corrected chi connectivity index (χ0v) is 16.2. The smallest absolute Gasteiger partial charge is 0.138 e. The average molecular weight is 386 g/mol. The van der Waals surface area contributed by atoms with Crippen LogP contribution in [-0.2, 0) is 9.73 Å². The predicted molar refractivity (Wildman–Crippen MR) is 105 cm³/mol. The number of ether oxygens (including phenoxy) is 2. The SMILES string of the molecule is COc1ccc2c(Oc3ccc(S(=N)(=O)CC(C)(C)O)cc3)ccnc2c1. The summed E-state index contributed by atoms with van der Waals surface area (Å²) in [4.78, 5) is 4.69. The molecule has 3 rings (SSSR count). The number of aromatic nitrogens is 1. The zero-order valence-electron chi connectivity index (χ0n) is 15.4. The molecular formula is C20H22N2O4S. The number of methoxy groups -OCH3 is 1. The lowest BCUT2D eigenvalue weighted by Crippen LogP contribution is -2.29. The highest BCUT2D eigenvalue weighted by Crippen LogP contribution is 2.31. The van der Waals surface area contributed by atoms with Crippen molar-refractivity contribution in [1.29, 1.82) is 4.78 Å². The van der Waals surface area contributed by atoms with Crippen LogP contribution in [0.3, 0.4) is 0 Å². The minimum Gasteiger partial charge on any atom is -0.497 e. The molecule has 1 unspecified atom stereocenters. The molecule has 3 aromatic rings. The third kappa shape index (κ3) is 4.56. The molecule has 0 radical (unpaired) electrons. The first kappa shape index (κ1) is 19.1. The van der Waals surface area contributed by atoms with E-state index in [4.69, 9.17) is 14.3 Å². The van der Waals surface area contributed by atoms with Crippen LogP contribution in [0.25, 0.3) is 10.9 Å². The van der Waals surface area contributed by atoms with Gasteiger partial charge in [0, 0.05) is 22.5 Å². The summed E-state index contributed by atoms with van der Waals surface area (Å²) in [6, 6.07) is 13.9. The maximum absolute atomic E-state index is 12.6. The van der Waals surface area contributed by atoms with Crippen LogP contribution in [-0.4, -0.2) is 32.8 Å². The lowest BCUT2D eigenvalue weighted by Gasteiger charge is -2.19. The van der Waals surface area contributed by atoms with Gasteiger partial charge < -0.3 is 14.6 Å². The molecule has 1 atom stereocenters. The number of rotatable bonds is 6. The lowest BCUT2D eigenvalue weighted by molar-refractivity contribution is 0.105. The second-order valence-corrected chi connectivity index (χ2v) is 9.01. The summed E-state index contributed by atoms with van der Waals surface area (Å²) < 4.78 is 31.8. The number of hydrogen-bond donors (Lipinski definition) is 2. The Morgan fingerprint density at radius 1 is 1.11 bits per heavy atom. The number of nitrogens with one attached hydrogen (secondary N) is 1. The molecule has 6 nitrogen and oxygen atoms in total. The van der Waals surface area contributed by atoms with Gasteiger partial charge in [-0.3, -0.25) is 4.98 Å². The largest absolute Gasteiger partial charge is 0.497 e. The van der Waals surface area contributed by atoms with Gasteiger partial charge in [-0.1, -0.05) is 0 Å².